The summed E-state index contributed by atoms with van der Waals surface area (Å²) in [5.41, 5.74) is -0.239. The first-order valence-electron chi connectivity index (χ1n) is 10.00. The Balaban J connectivity index is 1.82. The van der Waals surface area contributed by atoms with Crippen LogP contribution in [0.15, 0.2) is 18.5 Å². The number of thiophene rings is 1. The number of halogens is 1. The number of nitrogens with zero attached hydrogens (tertiary/aromatic N) is 4. The van der Waals surface area contributed by atoms with Gasteiger partial charge in [0.1, 0.15) is 6.10 Å². The number of imidazole rings is 1. The van der Waals surface area contributed by atoms with Crippen molar-refractivity contribution in [2.45, 2.75) is 32.1 Å². The minimum atomic E-state index is -1.26. The number of aromatic nitrogens is 4. The molecule has 1 aliphatic carbocycles. The van der Waals surface area contributed by atoms with Crippen LogP contribution in [0, 0.1) is 23.2 Å². The van der Waals surface area contributed by atoms with Gasteiger partial charge in [0, 0.05) is 14.1 Å². The SMILES string of the molecule is CNC(=O)C1(C)C(C)C(n2cnc3c(NC)nc(C#Cc4ccc(Cl)s4)nc32)C(O)C1O. The molecule has 1 fully saturated rings. The summed E-state index contributed by atoms with van der Waals surface area (Å²) in [4.78, 5) is 26.8. The molecule has 3 heterocycles. The van der Waals surface area contributed by atoms with Crippen LogP contribution in [0.25, 0.3) is 11.2 Å². The van der Waals surface area contributed by atoms with Crippen LogP contribution < -0.4 is 10.6 Å². The quantitative estimate of drug-likeness (QED) is 0.425. The molecule has 5 atom stereocenters. The molecule has 1 saturated carbocycles. The van der Waals surface area contributed by atoms with Gasteiger partial charge in [-0.3, -0.25) is 4.79 Å². The van der Waals surface area contributed by atoms with Crippen molar-refractivity contribution in [2.75, 3.05) is 19.4 Å². The lowest BCUT2D eigenvalue weighted by atomic mass is 9.77. The van der Waals surface area contributed by atoms with Crippen LogP contribution in [0.3, 0.4) is 0 Å². The maximum Gasteiger partial charge on any atom is 0.228 e. The summed E-state index contributed by atoms with van der Waals surface area (Å²) < 4.78 is 2.33. The van der Waals surface area contributed by atoms with Gasteiger partial charge in [0.05, 0.1) is 33.1 Å². The number of anilines is 1. The van der Waals surface area contributed by atoms with Crippen molar-refractivity contribution in [2.24, 2.45) is 11.3 Å². The van der Waals surface area contributed by atoms with Gasteiger partial charge in [0.2, 0.25) is 11.7 Å². The van der Waals surface area contributed by atoms with Crippen LogP contribution in [0.1, 0.15) is 30.6 Å². The van der Waals surface area contributed by atoms with E-state index in [1.165, 1.54) is 18.4 Å². The fourth-order valence-corrected chi connectivity index (χ4v) is 5.24. The second-order valence-corrected chi connectivity index (χ2v) is 9.62. The van der Waals surface area contributed by atoms with E-state index in [-0.39, 0.29) is 11.7 Å². The lowest BCUT2D eigenvalue weighted by molar-refractivity contribution is -0.139. The zero-order chi connectivity index (χ0) is 23.2. The molecule has 0 radical (unpaired) electrons. The Kier molecular flexibility index (Phi) is 5.85. The van der Waals surface area contributed by atoms with Crippen LogP contribution in [0.4, 0.5) is 5.82 Å². The summed E-state index contributed by atoms with van der Waals surface area (Å²) in [6.07, 6.45) is -0.905. The number of hydrogen-bond acceptors (Lipinski definition) is 8. The first-order valence-corrected chi connectivity index (χ1v) is 11.2. The first kappa shape index (κ1) is 22.5. The highest BCUT2D eigenvalue weighted by atomic mass is 35.5. The van der Waals surface area contributed by atoms with Gasteiger partial charge in [0.25, 0.3) is 0 Å². The third-order valence-corrected chi connectivity index (χ3v) is 7.46. The molecule has 0 bridgehead atoms. The standard InChI is InChI=1S/C21H23ClN6O3S/c1-10-15(16(29)17(30)21(10,2)20(31)24-4)28-9-25-14-18(23-3)26-13(27-19(14)28)8-6-11-5-7-12(22)32-11/h5,7,9-10,15-17,29-30H,1-4H3,(H,24,31)(H,23,26,27). The Bertz CT molecular complexity index is 1250. The molecule has 1 aliphatic rings. The molecule has 0 saturated heterocycles. The summed E-state index contributed by atoms with van der Waals surface area (Å²) in [5, 5.41) is 27.3. The number of carbonyl (C=O) groups is 1. The van der Waals surface area contributed by atoms with Crippen molar-refractivity contribution in [1.29, 1.82) is 0 Å². The zero-order valence-electron chi connectivity index (χ0n) is 17.9. The van der Waals surface area contributed by atoms with E-state index in [1.54, 1.807) is 30.9 Å². The van der Waals surface area contributed by atoms with Gasteiger partial charge in [-0.05, 0) is 36.8 Å². The molecule has 32 heavy (non-hydrogen) atoms. The number of rotatable bonds is 3. The Morgan fingerprint density at radius 1 is 1.28 bits per heavy atom. The molecule has 4 N–H and O–H groups in total. The van der Waals surface area contributed by atoms with E-state index in [0.717, 1.165) is 4.88 Å². The second-order valence-electron chi connectivity index (χ2n) is 7.90. The van der Waals surface area contributed by atoms with E-state index in [9.17, 15) is 15.0 Å². The normalized spacial score (nSPS) is 27.2. The predicted octanol–water partition coefficient (Wildman–Crippen LogP) is 1.65. The smallest absolute Gasteiger partial charge is 0.228 e. The molecule has 9 nitrogen and oxygen atoms in total. The molecule has 4 rings (SSSR count). The van der Waals surface area contributed by atoms with Crippen LogP contribution >= 0.6 is 22.9 Å². The van der Waals surface area contributed by atoms with Crippen molar-refractivity contribution in [3.63, 3.8) is 0 Å². The molecule has 1 amide bonds. The second kappa shape index (κ2) is 8.33. The lowest BCUT2D eigenvalue weighted by Crippen LogP contribution is -2.47. The van der Waals surface area contributed by atoms with Gasteiger partial charge < -0.3 is 25.4 Å². The Morgan fingerprint density at radius 3 is 2.66 bits per heavy atom. The first-order chi connectivity index (χ1) is 15.2. The number of nitrogens with one attached hydrogen (secondary N) is 2. The highest BCUT2D eigenvalue weighted by Crippen LogP contribution is 2.50. The van der Waals surface area contributed by atoms with E-state index in [4.69, 9.17) is 11.6 Å². The molecule has 3 aromatic heterocycles. The van der Waals surface area contributed by atoms with Crippen molar-refractivity contribution in [1.82, 2.24) is 24.8 Å². The summed E-state index contributed by atoms with van der Waals surface area (Å²) in [6.45, 7) is 3.48. The maximum atomic E-state index is 12.6. The van der Waals surface area contributed by atoms with E-state index in [0.29, 0.717) is 21.3 Å². The van der Waals surface area contributed by atoms with E-state index in [1.807, 2.05) is 13.0 Å². The van der Waals surface area contributed by atoms with E-state index >= 15 is 0 Å². The third-order valence-electron chi connectivity index (χ3n) is 6.31. The Morgan fingerprint density at radius 2 is 2.03 bits per heavy atom. The minimum Gasteiger partial charge on any atom is -0.389 e. The monoisotopic (exact) mass is 474 g/mol. The van der Waals surface area contributed by atoms with Gasteiger partial charge in [-0.1, -0.05) is 18.5 Å². The number of aliphatic hydroxyl groups is 2. The van der Waals surface area contributed by atoms with Gasteiger partial charge >= 0.3 is 0 Å². The molecule has 11 heteroatoms. The molecular formula is C21H23ClN6O3S. The molecule has 0 spiro atoms. The van der Waals surface area contributed by atoms with Crippen LogP contribution in [0.5, 0.6) is 0 Å². The van der Waals surface area contributed by atoms with Gasteiger partial charge in [-0.25, -0.2) is 15.0 Å². The Hall–Kier alpha value is -2.71. The van der Waals surface area contributed by atoms with Crippen LogP contribution in [-0.2, 0) is 4.79 Å². The summed E-state index contributed by atoms with van der Waals surface area (Å²) >= 11 is 7.32. The number of hydrogen-bond donors (Lipinski definition) is 4. The predicted molar refractivity (Wildman–Crippen MR) is 123 cm³/mol. The van der Waals surface area contributed by atoms with Crippen molar-refractivity contribution in [3.8, 4) is 11.8 Å². The number of aliphatic hydroxyl groups excluding tert-OH is 2. The average molecular weight is 475 g/mol. The Labute approximate surface area is 193 Å². The number of carbonyl (C=O) groups excluding carboxylic acids is 1. The minimum absolute atomic E-state index is 0.267. The highest BCUT2D eigenvalue weighted by Gasteiger charge is 2.59. The molecule has 0 aromatic carbocycles. The van der Waals surface area contributed by atoms with Gasteiger partial charge in [-0.15, -0.1) is 11.3 Å². The van der Waals surface area contributed by atoms with Crippen LogP contribution in [0.2, 0.25) is 4.34 Å². The van der Waals surface area contributed by atoms with Crippen LogP contribution in [-0.4, -0.2) is 61.9 Å². The van der Waals surface area contributed by atoms with Crippen molar-refractivity contribution in [3.05, 3.63) is 33.5 Å². The van der Waals surface area contributed by atoms with Gasteiger partial charge in [-0.2, -0.15) is 0 Å². The van der Waals surface area contributed by atoms with E-state index in [2.05, 4.69) is 37.4 Å². The zero-order valence-corrected chi connectivity index (χ0v) is 19.5. The molecule has 0 aliphatic heterocycles. The third kappa shape index (κ3) is 3.42. The fourth-order valence-electron chi connectivity index (χ4n) is 4.34. The van der Waals surface area contributed by atoms with Crippen molar-refractivity contribution < 1.29 is 15.0 Å². The summed E-state index contributed by atoms with van der Waals surface area (Å²) in [6, 6.07) is 2.96. The fraction of sp³-hybridized carbons (Fsp3) is 0.429. The molecule has 3 aromatic rings. The topological polar surface area (TPSA) is 125 Å². The summed E-state index contributed by atoms with van der Waals surface area (Å²) in [7, 11) is 3.23. The number of amides is 1. The van der Waals surface area contributed by atoms with E-state index < -0.39 is 29.6 Å². The molecule has 5 unspecified atom stereocenters. The molecule has 168 valence electrons. The van der Waals surface area contributed by atoms with Gasteiger partial charge in [0.15, 0.2) is 17.0 Å². The average Bonchev–Trinajstić information content (AvgIpc) is 3.45. The highest BCUT2D eigenvalue weighted by molar-refractivity contribution is 7.16. The lowest BCUT2D eigenvalue weighted by Gasteiger charge is -2.31. The summed E-state index contributed by atoms with van der Waals surface area (Å²) in [5.74, 6) is 5.94. The molecular weight excluding hydrogens is 452 g/mol. The maximum absolute atomic E-state index is 12.6. The van der Waals surface area contributed by atoms with Crippen molar-refractivity contribution >= 4 is 45.8 Å². The largest absolute Gasteiger partial charge is 0.389 e. The number of fused-ring (bicyclic) bond motifs is 1.